The van der Waals surface area contributed by atoms with Crippen LogP contribution >= 0.6 is 0 Å². The van der Waals surface area contributed by atoms with Crippen molar-refractivity contribution < 1.29 is 19.7 Å². The Hall–Kier alpha value is -1.55. The third-order valence-electron chi connectivity index (χ3n) is 4.06. The summed E-state index contributed by atoms with van der Waals surface area (Å²) in [5.41, 5.74) is 1.48. The van der Waals surface area contributed by atoms with Crippen molar-refractivity contribution in [1.82, 2.24) is 0 Å². The highest BCUT2D eigenvalue weighted by Crippen LogP contribution is 2.41. The Kier molecular flexibility index (Phi) is 6.45. The summed E-state index contributed by atoms with van der Waals surface area (Å²) in [5, 5.41) is 20.3. The van der Waals surface area contributed by atoms with Gasteiger partial charge in [-0.1, -0.05) is 54.9 Å². The fourth-order valence-corrected chi connectivity index (χ4v) is 2.61. The van der Waals surface area contributed by atoms with Gasteiger partial charge < -0.3 is 14.9 Å². The van der Waals surface area contributed by atoms with Gasteiger partial charge in [-0.15, -0.1) is 0 Å². The molecule has 0 aliphatic carbocycles. The molecule has 1 aromatic rings. The smallest absolute Gasteiger partial charge is 0.337 e. The maximum atomic E-state index is 11.7. The van der Waals surface area contributed by atoms with Crippen LogP contribution in [0.1, 0.15) is 84.1 Å². The van der Waals surface area contributed by atoms with Crippen LogP contribution in [0.4, 0.5) is 0 Å². The summed E-state index contributed by atoms with van der Waals surface area (Å²) in [7, 11) is 0. The lowest BCUT2D eigenvalue weighted by Gasteiger charge is -2.29. The molecule has 0 fully saturated rings. The lowest BCUT2D eigenvalue weighted by molar-refractivity contribution is -0.151. The predicted octanol–water partition coefficient (Wildman–Crippen LogP) is 4.93. The minimum atomic E-state index is -1.01. The van der Waals surface area contributed by atoms with Crippen LogP contribution in [0.5, 0.6) is 5.75 Å². The Morgan fingerprint density at radius 3 is 1.88 bits per heavy atom. The summed E-state index contributed by atoms with van der Waals surface area (Å²) >= 11 is 0. The second-order valence-electron chi connectivity index (χ2n) is 8.41. The summed E-state index contributed by atoms with van der Waals surface area (Å²) in [4.78, 5) is 11.7. The number of phenols is 1. The van der Waals surface area contributed by atoms with Crippen LogP contribution in [-0.2, 0) is 20.4 Å². The van der Waals surface area contributed by atoms with E-state index in [1.54, 1.807) is 12.1 Å². The number of benzene rings is 1. The van der Waals surface area contributed by atoms with Gasteiger partial charge in [0.05, 0.1) is 0 Å². The number of carboxylic acids is 1. The summed E-state index contributed by atoms with van der Waals surface area (Å²) in [6.45, 7) is 14.5. The number of unbranched alkanes of at least 4 members (excludes halogenated alkanes) is 1. The number of carboxylic acid groups (broad SMARTS) is 1. The zero-order valence-electron chi connectivity index (χ0n) is 16.1. The first-order valence-corrected chi connectivity index (χ1v) is 8.61. The molecule has 0 heterocycles. The van der Waals surface area contributed by atoms with Crippen LogP contribution in [0, 0.1) is 0 Å². The Labute approximate surface area is 145 Å². The number of aliphatic carboxylic acids is 1. The summed E-state index contributed by atoms with van der Waals surface area (Å²) in [5.74, 6) is -0.757. The van der Waals surface area contributed by atoms with Crippen LogP contribution in [0.25, 0.3) is 0 Å². The second kappa shape index (κ2) is 7.56. The highest BCUT2D eigenvalue weighted by atomic mass is 16.5. The van der Waals surface area contributed by atoms with Crippen molar-refractivity contribution in [2.24, 2.45) is 0 Å². The molecule has 4 heteroatoms. The SMILES string of the molecule is CCCCOC(C(=O)O)c1cc(C(C)(C)C)c(O)c(C(C)(C)C)c1. The third-order valence-corrected chi connectivity index (χ3v) is 4.06. The van der Waals surface area contributed by atoms with Gasteiger partial charge in [0.15, 0.2) is 6.10 Å². The van der Waals surface area contributed by atoms with Crippen molar-refractivity contribution in [3.8, 4) is 5.75 Å². The zero-order valence-corrected chi connectivity index (χ0v) is 16.1. The minimum absolute atomic E-state index is 0.247. The summed E-state index contributed by atoms with van der Waals surface area (Å²) in [6, 6.07) is 3.55. The molecular weight excluding hydrogens is 304 g/mol. The molecule has 0 aromatic heterocycles. The predicted molar refractivity (Wildman–Crippen MR) is 96.7 cm³/mol. The maximum Gasteiger partial charge on any atom is 0.337 e. The van der Waals surface area contributed by atoms with E-state index >= 15 is 0 Å². The van der Waals surface area contributed by atoms with E-state index in [1.165, 1.54) is 0 Å². The molecule has 0 bridgehead atoms. The van der Waals surface area contributed by atoms with E-state index in [9.17, 15) is 15.0 Å². The number of phenolic OH excluding ortho intramolecular Hbond substituents is 1. The number of ether oxygens (including phenoxy) is 1. The molecule has 0 saturated heterocycles. The van der Waals surface area contributed by atoms with Crippen molar-refractivity contribution in [3.63, 3.8) is 0 Å². The highest BCUT2D eigenvalue weighted by molar-refractivity contribution is 5.75. The average molecular weight is 336 g/mol. The minimum Gasteiger partial charge on any atom is -0.507 e. The molecule has 0 aliphatic heterocycles. The summed E-state index contributed by atoms with van der Waals surface area (Å²) in [6.07, 6.45) is 0.752. The van der Waals surface area contributed by atoms with Gasteiger partial charge in [0, 0.05) is 6.61 Å². The van der Waals surface area contributed by atoms with E-state index < -0.39 is 12.1 Å². The fourth-order valence-electron chi connectivity index (χ4n) is 2.61. The lowest BCUT2D eigenvalue weighted by atomic mass is 9.78. The highest BCUT2D eigenvalue weighted by Gasteiger charge is 2.30. The molecule has 0 aliphatic rings. The van der Waals surface area contributed by atoms with E-state index in [2.05, 4.69) is 0 Å². The number of carbonyl (C=O) groups is 1. The molecule has 1 aromatic carbocycles. The normalized spacial score (nSPS) is 13.8. The van der Waals surface area contributed by atoms with Crippen molar-refractivity contribution in [1.29, 1.82) is 0 Å². The molecule has 0 radical (unpaired) electrons. The van der Waals surface area contributed by atoms with E-state index in [-0.39, 0.29) is 16.6 Å². The Morgan fingerprint density at radius 2 is 1.54 bits per heavy atom. The van der Waals surface area contributed by atoms with E-state index in [0.29, 0.717) is 12.2 Å². The van der Waals surface area contributed by atoms with Gasteiger partial charge in [0.1, 0.15) is 5.75 Å². The molecule has 1 unspecified atom stereocenters. The summed E-state index contributed by atoms with van der Waals surface area (Å²) < 4.78 is 5.62. The molecule has 0 saturated carbocycles. The molecular formula is C20H32O4. The third kappa shape index (κ3) is 4.97. The Morgan fingerprint density at radius 1 is 1.08 bits per heavy atom. The molecule has 136 valence electrons. The second-order valence-corrected chi connectivity index (χ2v) is 8.41. The standard InChI is InChI=1S/C20H32O4/c1-8-9-10-24-17(18(22)23)13-11-14(19(2,3)4)16(21)15(12-13)20(5,6)7/h11-12,17,21H,8-10H2,1-7H3,(H,22,23). The van der Waals surface area contributed by atoms with Crippen LogP contribution in [0.2, 0.25) is 0 Å². The molecule has 24 heavy (non-hydrogen) atoms. The van der Waals surface area contributed by atoms with E-state index in [0.717, 1.165) is 24.0 Å². The molecule has 2 N–H and O–H groups in total. The molecule has 0 spiro atoms. The Bertz CT molecular complexity index is 541. The molecule has 0 amide bonds. The molecule has 1 atom stereocenters. The maximum absolute atomic E-state index is 11.7. The monoisotopic (exact) mass is 336 g/mol. The number of aromatic hydroxyl groups is 1. The van der Waals surface area contributed by atoms with Crippen LogP contribution in [0.15, 0.2) is 12.1 Å². The van der Waals surface area contributed by atoms with Crippen LogP contribution < -0.4 is 0 Å². The van der Waals surface area contributed by atoms with Crippen LogP contribution in [0.3, 0.4) is 0 Å². The quantitative estimate of drug-likeness (QED) is 0.723. The lowest BCUT2D eigenvalue weighted by Crippen LogP contribution is -2.21. The zero-order chi connectivity index (χ0) is 18.7. The Balaban J connectivity index is 3.48. The topological polar surface area (TPSA) is 66.8 Å². The van der Waals surface area contributed by atoms with Gasteiger partial charge in [-0.05, 0) is 46.1 Å². The van der Waals surface area contributed by atoms with Crippen LogP contribution in [-0.4, -0.2) is 22.8 Å². The van der Waals surface area contributed by atoms with Gasteiger partial charge in [-0.2, -0.15) is 0 Å². The van der Waals surface area contributed by atoms with Crippen molar-refractivity contribution >= 4 is 5.97 Å². The van der Waals surface area contributed by atoms with Crippen molar-refractivity contribution in [3.05, 3.63) is 28.8 Å². The van der Waals surface area contributed by atoms with Gasteiger partial charge in [-0.25, -0.2) is 4.79 Å². The first-order chi connectivity index (χ1) is 10.9. The molecule has 4 nitrogen and oxygen atoms in total. The van der Waals surface area contributed by atoms with Gasteiger partial charge >= 0.3 is 5.97 Å². The van der Waals surface area contributed by atoms with Gasteiger partial charge in [0.2, 0.25) is 0 Å². The first kappa shape index (κ1) is 20.5. The van der Waals surface area contributed by atoms with E-state index in [4.69, 9.17) is 4.74 Å². The van der Waals surface area contributed by atoms with Gasteiger partial charge in [0.25, 0.3) is 0 Å². The van der Waals surface area contributed by atoms with Crippen molar-refractivity contribution in [2.75, 3.05) is 6.61 Å². The fraction of sp³-hybridized carbons (Fsp3) is 0.650. The number of hydrogen-bond donors (Lipinski definition) is 2. The molecule has 1 rings (SSSR count). The average Bonchev–Trinajstić information content (AvgIpc) is 2.41. The number of hydrogen-bond acceptors (Lipinski definition) is 3. The van der Waals surface area contributed by atoms with Crippen molar-refractivity contribution in [2.45, 2.75) is 78.2 Å². The number of rotatable bonds is 6. The first-order valence-electron chi connectivity index (χ1n) is 8.61. The largest absolute Gasteiger partial charge is 0.507 e. The van der Waals surface area contributed by atoms with E-state index in [1.807, 2.05) is 48.5 Å². The van der Waals surface area contributed by atoms with Gasteiger partial charge in [-0.3, -0.25) is 0 Å².